The third-order valence-electron chi connectivity index (χ3n) is 7.15. The van der Waals surface area contributed by atoms with Crippen LogP contribution >= 0.6 is 11.8 Å². The van der Waals surface area contributed by atoms with E-state index in [1.54, 1.807) is 11.8 Å². The first-order chi connectivity index (χ1) is 21.1. The number of carbonyl (C=O) groups excluding carboxylic acids is 1. The number of nitrogens with zero attached hydrogens (tertiary/aromatic N) is 5. The van der Waals surface area contributed by atoms with Gasteiger partial charge in [0.2, 0.25) is 0 Å². The SMILES string of the molecule is CCCc1ccc(C)cc1N1CCS/C1=N\C(=O)NCC(C)c1ccc(-c2ncn(-c3ccc(OC(F)(F)F)cc3)n2)cc1. The molecule has 1 fully saturated rings. The maximum Gasteiger partial charge on any atom is 0.573 e. The molecule has 3 aromatic carbocycles. The zero-order chi connectivity index (χ0) is 31.3. The molecule has 1 saturated heterocycles. The lowest BCUT2D eigenvalue weighted by atomic mass is 10.00. The summed E-state index contributed by atoms with van der Waals surface area (Å²) in [5, 5.41) is 8.12. The zero-order valence-corrected chi connectivity index (χ0v) is 25.5. The summed E-state index contributed by atoms with van der Waals surface area (Å²) in [6.07, 6.45) is -1.23. The molecule has 4 aromatic rings. The lowest BCUT2D eigenvalue weighted by molar-refractivity contribution is -0.274. The fourth-order valence-corrected chi connectivity index (χ4v) is 5.84. The first-order valence-electron chi connectivity index (χ1n) is 14.3. The van der Waals surface area contributed by atoms with Crippen molar-refractivity contribution in [2.24, 2.45) is 4.99 Å². The number of aliphatic imine (C=N–C) groups is 1. The summed E-state index contributed by atoms with van der Waals surface area (Å²) >= 11 is 1.59. The molecule has 1 aliphatic rings. The van der Waals surface area contributed by atoms with Crippen LogP contribution in [0.25, 0.3) is 17.1 Å². The third-order valence-corrected chi connectivity index (χ3v) is 8.11. The number of amidine groups is 1. The van der Waals surface area contributed by atoms with Crippen LogP contribution in [0.3, 0.4) is 0 Å². The number of ether oxygens (including phenoxy) is 1. The highest BCUT2D eigenvalue weighted by molar-refractivity contribution is 8.14. The number of anilines is 1. The number of benzene rings is 3. The minimum absolute atomic E-state index is 0.0383. The maximum absolute atomic E-state index is 12.8. The molecular weight excluding hydrogens is 589 g/mol. The fourth-order valence-electron chi connectivity index (χ4n) is 4.89. The maximum atomic E-state index is 12.8. The highest BCUT2D eigenvalue weighted by atomic mass is 32.2. The number of halogens is 3. The second kappa shape index (κ2) is 13.5. The summed E-state index contributed by atoms with van der Waals surface area (Å²) in [4.78, 5) is 23.7. The van der Waals surface area contributed by atoms with E-state index in [2.05, 4.69) is 62.1 Å². The second-order valence-electron chi connectivity index (χ2n) is 10.5. The van der Waals surface area contributed by atoms with Gasteiger partial charge >= 0.3 is 12.4 Å². The summed E-state index contributed by atoms with van der Waals surface area (Å²) < 4.78 is 42.7. The van der Waals surface area contributed by atoms with Gasteiger partial charge in [-0.25, -0.2) is 14.5 Å². The Morgan fingerprint density at radius 3 is 2.57 bits per heavy atom. The summed E-state index contributed by atoms with van der Waals surface area (Å²) in [5.74, 6) is 1.08. The number of alkyl halides is 3. The molecule has 5 rings (SSSR count). The number of thioether (sulfide) groups is 1. The predicted molar refractivity (Wildman–Crippen MR) is 168 cm³/mol. The Kier molecular flexibility index (Phi) is 9.58. The molecule has 2 amide bonds. The predicted octanol–water partition coefficient (Wildman–Crippen LogP) is 7.52. The molecule has 0 bridgehead atoms. The molecule has 230 valence electrons. The van der Waals surface area contributed by atoms with Gasteiger partial charge < -0.3 is 15.0 Å². The number of rotatable bonds is 9. The van der Waals surface area contributed by atoms with Crippen LogP contribution in [-0.4, -0.2) is 51.2 Å². The van der Waals surface area contributed by atoms with Gasteiger partial charge in [-0.3, -0.25) is 0 Å². The van der Waals surface area contributed by atoms with E-state index in [0.29, 0.717) is 18.1 Å². The van der Waals surface area contributed by atoms with Gasteiger partial charge in [-0.05, 0) is 66.3 Å². The van der Waals surface area contributed by atoms with Gasteiger partial charge in [-0.1, -0.05) is 68.4 Å². The molecule has 44 heavy (non-hydrogen) atoms. The van der Waals surface area contributed by atoms with Gasteiger partial charge in [0.25, 0.3) is 0 Å². The number of amides is 2. The van der Waals surface area contributed by atoms with Gasteiger partial charge in [0.05, 0.1) is 5.69 Å². The number of hydrogen-bond donors (Lipinski definition) is 1. The average Bonchev–Trinajstić information content (AvgIpc) is 3.67. The van der Waals surface area contributed by atoms with Gasteiger partial charge in [-0.2, -0.15) is 4.99 Å². The quantitative estimate of drug-likeness (QED) is 0.208. The van der Waals surface area contributed by atoms with Gasteiger partial charge in [0.15, 0.2) is 11.0 Å². The highest BCUT2D eigenvalue weighted by Crippen LogP contribution is 2.31. The topological polar surface area (TPSA) is 84.6 Å². The Morgan fingerprint density at radius 1 is 1.11 bits per heavy atom. The number of nitrogens with one attached hydrogen (secondary N) is 1. The molecule has 0 radical (unpaired) electrons. The summed E-state index contributed by atoms with van der Waals surface area (Å²) in [5.41, 5.74) is 5.93. The Labute approximate surface area is 258 Å². The Morgan fingerprint density at radius 2 is 1.86 bits per heavy atom. The van der Waals surface area contributed by atoms with Crippen molar-refractivity contribution in [3.05, 3.63) is 89.7 Å². The second-order valence-corrected chi connectivity index (χ2v) is 11.6. The van der Waals surface area contributed by atoms with Crippen LogP contribution in [-0.2, 0) is 6.42 Å². The Bertz CT molecular complexity index is 1620. The zero-order valence-electron chi connectivity index (χ0n) is 24.6. The Balaban J connectivity index is 1.18. The van der Waals surface area contributed by atoms with Crippen LogP contribution in [0.15, 0.2) is 78.0 Å². The van der Waals surface area contributed by atoms with Crippen LogP contribution in [0, 0.1) is 6.92 Å². The minimum atomic E-state index is -4.75. The van der Waals surface area contributed by atoms with Gasteiger partial charge in [0, 0.05) is 30.1 Å². The van der Waals surface area contributed by atoms with Crippen LogP contribution < -0.4 is 15.0 Å². The van der Waals surface area contributed by atoms with E-state index in [0.717, 1.165) is 47.1 Å². The van der Waals surface area contributed by atoms with E-state index < -0.39 is 6.36 Å². The molecule has 12 heteroatoms. The highest BCUT2D eigenvalue weighted by Gasteiger charge is 2.31. The molecule has 0 saturated carbocycles. The number of carbonyl (C=O) groups is 1. The molecule has 1 aliphatic heterocycles. The van der Waals surface area contributed by atoms with Crippen molar-refractivity contribution in [3.8, 4) is 22.8 Å². The summed E-state index contributed by atoms with van der Waals surface area (Å²) in [6, 6.07) is 19.2. The molecule has 0 aliphatic carbocycles. The number of hydrogen-bond acceptors (Lipinski definition) is 5. The van der Waals surface area contributed by atoms with Crippen LogP contribution in [0.5, 0.6) is 5.75 Å². The van der Waals surface area contributed by atoms with Crippen LogP contribution in [0.1, 0.15) is 42.9 Å². The van der Waals surface area contributed by atoms with Crippen molar-refractivity contribution in [2.45, 2.75) is 45.9 Å². The molecule has 2 heterocycles. The van der Waals surface area contributed by atoms with Crippen molar-refractivity contribution in [3.63, 3.8) is 0 Å². The van der Waals surface area contributed by atoms with Crippen LogP contribution in [0.2, 0.25) is 0 Å². The van der Waals surface area contributed by atoms with Crippen molar-refractivity contribution < 1.29 is 22.7 Å². The number of aromatic nitrogens is 3. The fraction of sp³-hybridized carbons (Fsp3) is 0.312. The van der Waals surface area contributed by atoms with E-state index in [9.17, 15) is 18.0 Å². The van der Waals surface area contributed by atoms with E-state index in [4.69, 9.17) is 0 Å². The van der Waals surface area contributed by atoms with E-state index >= 15 is 0 Å². The molecule has 1 aromatic heterocycles. The minimum Gasteiger partial charge on any atom is -0.406 e. The first kappa shape index (κ1) is 31.1. The lowest BCUT2D eigenvalue weighted by Gasteiger charge is -2.22. The molecule has 0 spiro atoms. The summed E-state index contributed by atoms with van der Waals surface area (Å²) in [7, 11) is 0. The lowest BCUT2D eigenvalue weighted by Crippen LogP contribution is -2.29. The van der Waals surface area contributed by atoms with Crippen molar-refractivity contribution in [1.29, 1.82) is 0 Å². The monoisotopic (exact) mass is 622 g/mol. The van der Waals surface area contributed by atoms with Crippen molar-refractivity contribution >= 4 is 28.6 Å². The molecular formula is C32H33F3N6O2S. The average molecular weight is 623 g/mol. The van der Waals surface area contributed by atoms with E-state index in [-0.39, 0.29) is 17.7 Å². The van der Waals surface area contributed by atoms with Crippen molar-refractivity contribution in [1.82, 2.24) is 20.1 Å². The largest absolute Gasteiger partial charge is 0.573 e. The standard InChI is InChI=1S/C32H33F3N6O2S/c1-4-5-24-7-6-21(2)18-28(24)40-16-17-44-31(40)38-30(42)36-19-22(3)23-8-10-25(11-9-23)29-37-20-41(39-29)26-12-14-27(15-13-26)43-32(33,34)35/h6-15,18,20,22H,4-5,16-17,19H2,1-3H3,(H,36,42)/b38-31-. The molecule has 1 N–H and O–H groups in total. The van der Waals surface area contributed by atoms with Crippen LogP contribution in [0.4, 0.5) is 23.7 Å². The van der Waals surface area contributed by atoms with Gasteiger partial charge in [-0.15, -0.1) is 18.3 Å². The normalized spacial score (nSPS) is 15.0. The number of urea groups is 1. The van der Waals surface area contributed by atoms with Crippen molar-refractivity contribution in [2.75, 3.05) is 23.7 Å². The smallest absolute Gasteiger partial charge is 0.406 e. The number of aryl methyl sites for hydroxylation is 2. The Hall–Kier alpha value is -4.32. The van der Waals surface area contributed by atoms with E-state index in [1.807, 2.05) is 31.2 Å². The molecule has 1 unspecified atom stereocenters. The van der Waals surface area contributed by atoms with E-state index in [1.165, 1.54) is 46.4 Å². The molecule has 8 nitrogen and oxygen atoms in total. The van der Waals surface area contributed by atoms with Gasteiger partial charge in [0.1, 0.15) is 12.1 Å². The molecule has 1 atom stereocenters. The first-order valence-corrected chi connectivity index (χ1v) is 15.3. The third kappa shape index (κ3) is 7.79. The summed E-state index contributed by atoms with van der Waals surface area (Å²) in [6.45, 7) is 7.51.